The fourth-order valence-electron chi connectivity index (χ4n) is 3.48. The maximum atomic E-state index is 13.3. The van der Waals surface area contributed by atoms with Crippen molar-refractivity contribution < 1.29 is 22.7 Å². The molecule has 10 heteroatoms. The van der Waals surface area contributed by atoms with Crippen LogP contribution in [0.25, 0.3) is 0 Å². The Labute approximate surface area is 210 Å². The molecule has 8 nitrogen and oxygen atoms in total. The van der Waals surface area contributed by atoms with Crippen molar-refractivity contribution in [3.05, 3.63) is 70.4 Å². The van der Waals surface area contributed by atoms with Crippen LogP contribution >= 0.6 is 11.3 Å². The molecule has 0 spiro atoms. The second-order valence-corrected chi connectivity index (χ2v) is 10.4. The van der Waals surface area contributed by atoms with E-state index in [9.17, 15) is 18.0 Å². The molecule has 1 heterocycles. The molecule has 0 radical (unpaired) electrons. The summed E-state index contributed by atoms with van der Waals surface area (Å²) in [5.41, 5.74) is 1.29. The molecule has 186 valence electrons. The molecule has 0 unspecified atom stereocenters. The average Bonchev–Trinajstić information content (AvgIpc) is 3.36. The van der Waals surface area contributed by atoms with Crippen molar-refractivity contribution in [1.82, 2.24) is 4.90 Å². The highest BCUT2D eigenvalue weighted by Gasteiger charge is 2.28. The number of nitrogens with one attached hydrogen (secondary N) is 1. The highest BCUT2D eigenvalue weighted by atomic mass is 32.2. The smallest absolute Gasteiger partial charge is 0.267 e. The SMILES string of the molecule is CCOc1ccc(N(C)S(=O)(=O)c2ccsc2C(=O)Nc2cccc(C(=O)N(CC)CC)c2)cc1. The number of ether oxygens (including phenoxy) is 1. The van der Waals surface area contributed by atoms with Gasteiger partial charge in [0, 0.05) is 31.4 Å². The first-order valence-electron chi connectivity index (χ1n) is 11.2. The fourth-order valence-corrected chi connectivity index (χ4v) is 5.97. The molecule has 3 aromatic rings. The Balaban J connectivity index is 1.83. The first-order valence-corrected chi connectivity index (χ1v) is 13.5. The molecule has 0 saturated carbocycles. The van der Waals surface area contributed by atoms with Crippen LogP contribution in [0.5, 0.6) is 5.75 Å². The molecule has 35 heavy (non-hydrogen) atoms. The van der Waals surface area contributed by atoms with Crippen molar-refractivity contribution in [2.24, 2.45) is 0 Å². The molecule has 1 N–H and O–H groups in total. The normalized spacial score (nSPS) is 11.1. The second-order valence-electron chi connectivity index (χ2n) is 7.53. The zero-order valence-corrected chi connectivity index (χ0v) is 21.8. The number of carbonyl (C=O) groups is 2. The third-order valence-corrected chi connectivity index (χ3v) is 8.27. The molecule has 1 aromatic heterocycles. The van der Waals surface area contributed by atoms with Crippen molar-refractivity contribution in [2.45, 2.75) is 25.7 Å². The quantitative estimate of drug-likeness (QED) is 0.422. The van der Waals surface area contributed by atoms with Gasteiger partial charge >= 0.3 is 0 Å². The van der Waals surface area contributed by atoms with E-state index in [0.717, 1.165) is 15.6 Å². The molecule has 0 saturated heterocycles. The summed E-state index contributed by atoms with van der Waals surface area (Å²) >= 11 is 1.04. The van der Waals surface area contributed by atoms with Gasteiger partial charge in [0.1, 0.15) is 15.5 Å². The van der Waals surface area contributed by atoms with Crippen LogP contribution < -0.4 is 14.4 Å². The molecule has 0 atom stereocenters. The molecule has 0 aliphatic heterocycles. The van der Waals surface area contributed by atoms with E-state index in [-0.39, 0.29) is 15.7 Å². The van der Waals surface area contributed by atoms with Crippen LogP contribution in [0.4, 0.5) is 11.4 Å². The van der Waals surface area contributed by atoms with E-state index in [4.69, 9.17) is 4.74 Å². The van der Waals surface area contributed by atoms with Gasteiger partial charge in [-0.2, -0.15) is 0 Å². The Morgan fingerprint density at radius 2 is 1.69 bits per heavy atom. The number of amides is 2. The molecular weight excluding hydrogens is 486 g/mol. The molecule has 0 fully saturated rings. The molecule has 3 rings (SSSR count). The number of anilines is 2. The Bertz CT molecular complexity index is 1280. The summed E-state index contributed by atoms with van der Waals surface area (Å²) in [4.78, 5) is 27.3. The Kier molecular flexibility index (Phi) is 8.52. The van der Waals surface area contributed by atoms with E-state index in [1.165, 1.54) is 13.1 Å². The molecule has 2 amide bonds. The van der Waals surface area contributed by atoms with E-state index >= 15 is 0 Å². The summed E-state index contributed by atoms with van der Waals surface area (Å²) in [5.74, 6) is -0.0621. The van der Waals surface area contributed by atoms with E-state index in [1.54, 1.807) is 58.8 Å². The van der Waals surface area contributed by atoms with Gasteiger partial charge in [0.2, 0.25) is 0 Å². The van der Waals surface area contributed by atoms with Gasteiger partial charge in [-0.15, -0.1) is 11.3 Å². The van der Waals surface area contributed by atoms with Gasteiger partial charge < -0.3 is 15.0 Å². The molecule has 0 aliphatic rings. The van der Waals surface area contributed by atoms with E-state index in [2.05, 4.69) is 5.32 Å². The van der Waals surface area contributed by atoms with Crippen LogP contribution in [0.2, 0.25) is 0 Å². The van der Waals surface area contributed by atoms with E-state index in [1.807, 2.05) is 20.8 Å². The third kappa shape index (κ3) is 5.83. The monoisotopic (exact) mass is 515 g/mol. The van der Waals surface area contributed by atoms with Crippen molar-refractivity contribution in [3.8, 4) is 5.75 Å². The lowest BCUT2D eigenvalue weighted by Crippen LogP contribution is -2.30. The van der Waals surface area contributed by atoms with Crippen LogP contribution in [-0.4, -0.2) is 51.9 Å². The molecular formula is C25H29N3O5S2. The Hall–Kier alpha value is -3.37. The lowest BCUT2D eigenvalue weighted by molar-refractivity contribution is 0.0772. The fraction of sp³-hybridized carbons (Fsp3) is 0.280. The van der Waals surface area contributed by atoms with Gasteiger partial charge in [0.05, 0.1) is 12.3 Å². The summed E-state index contributed by atoms with van der Waals surface area (Å²) in [6, 6.07) is 14.7. The van der Waals surface area contributed by atoms with Crippen molar-refractivity contribution >= 4 is 44.5 Å². The van der Waals surface area contributed by atoms with Crippen LogP contribution in [-0.2, 0) is 10.0 Å². The summed E-state index contributed by atoms with van der Waals surface area (Å²) in [6.45, 7) is 7.32. The average molecular weight is 516 g/mol. The van der Waals surface area contributed by atoms with Gasteiger partial charge in [-0.1, -0.05) is 6.07 Å². The summed E-state index contributed by atoms with van der Waals surface area (Å²) in [7, 11) is -2.56. The van der Waals surface area contributed by atoms with Gasteiger partial charge in [-0.25, -0.2) is 8.42 Å². The van der Waals surface area contributed by atoms with Gasteiger partial charge in [-0.3, -0.25) is 13.9 Å². The summed E-state index contributed by atoms with van der Waals surface area (Å²) in [5, 5.41) is 4.29. The first-order chi connectivity index (χ1) is 16.7. The second kappa shape index (κ2) is 11.4. The Morgan fingerprint density at radius 1 is 1.00 bits per heavy atom. The lowest BCUT2D eigenvalue weighted by atomic mass is 10.1. The van der Waals surface area contributed by atoms with Crippen molar-refractivity contribution in [3.63, 3.8) is 0 Å². The van der Waals surface area contributed by atoms with E-state index < -0.39 is 15.9 Å². The van der Waals surface area contributed by atoms with Crippen LogP contribution in [0.15, 0.2) is 64.9 Å². The van der Waals surface area contributed by atoms with Crippen LogP contribution in [0.3, 0.4) is 0 Å². The minimum absolute atomic E-state index is 0.0586. The number of nitrogens with zero attached hydrogens (tertiary/aromatic N) is 2. The number of sulfonamides is 1. The van der Waals surface area contributed by atoms with Crippen molar-refractivity contribution in [2.75, 3.05) is 36.4 Å². The lowest BCUT2D eigenvalue weighted by Gasteiger charge is -2.20. The molecule has 0 bridgehead atoms. The third-order valence-electron chi connectivity index (χ3n) is 5.40. The minimum atomic E-state index is -4.00. The highest BCUT2D eigenvalue weighted by molar-refractivity contribution is 7.93. The summed E-state index contributed by atoms with van der Waals surface area (Å²) in [6.07, 6.45) is 0. The maximum Gasteiger partial charge on any atom is 0.267 e. The van der Waals surface area contributed by atoms with Gasteiger partial charge in [0.15, 0.2) is 0 Å². The zero-order valence-electron chi connectivity index (χ0n) is 20.1. The largest absolute Gasteiger partial charge is 0.494 e. The number of hydrogen-bond donors (Lipinski definition) is 1. The number of thiophene rings is 1. The minimum Gasteiger partial charge on any atom is -0.494 e. The predicted molar refractivity (Wildman–Crippen MR) is 139 cm³/mol. The van der Waals surface area contributed by atoms with Crippen LogP contribution in [0, 0.1) is 0 Å². The molecule has 2 aromatic carbocycles. The standard InChI is InChI=1S/C25H29N3O5S2/c1-5-28(6-2)25(30)18-9-8-10-19(17-18)26-24(29)23-22(15-16-34-23)35(31,32)27(4)20-11-13-21(14-12-20)33-7-3/h8-17H,5-7H2,1-4H3,(H,26,29). The number of rotatable bonds is 10. The van der Waals surface area contributed by atoms with Gasteiger partial charge in [-0.05, 0) is 74.7 Å². The number of carbonyl (C=O) groups excluding carboxylic acids is 2. The highest BCUT2D eigenvalue weighted by Crippen LogP contribution is 2.29. The zero-order chi connectivity index (χ0) is 25.6. The Morgan fingerprint density at radius 3 is 2.31 bits per heavy atom. The topological polar surface area (TPSA) is 96.0 Å². The first kappa shape index (κ1) is 26.2. The van der Waals surface area contributed by atoms with Crippen LogP contribution in [0.1, 0.15) is 40.8 Å². The number of hydrogen-bond acceptors (Lipinski definition) is 6. The van der Waals surface area contributed by atoms with Crippen molar-refractivity contribution in [1.29, 1.82) is 0 Å². The van der Waals surface area contributed by atoms with E-state index in [0.29, 0.717) is 42.4 Å². The molecule has 0 aliphatic carbocycles. The summed E-state index contributed by atoms with van der Waals surface area (Å²) < 4.78 is 33.2. The number of benzene rings is 2. The predicted octanol–water partition coefficient (Wildman–Crippen LogP) is 4.71. The van der Waals surface area contributed by atoms with Gasteiger partial charge in [0.25, 0.3) is 21.8 Å². The maximum absolute atomic E-state index is 13.3.